The summed E-state index contributed by atoms with van der Waals surface area (Å²) in [6.07, 6.45) is 1.90. The summed E-state index contributed by atoms with van der Waals surface area (Å²) in [5.41, 5.74) is 2.20. The van der Waals surface area contributed by atoms with E-state index in [2.05, 4.69) is 5.32 Å². The van der Waals surface area contributed by atoms with Gasteiger partial charge in [-0.15, -0.1) is 0 Å². The Hall–Kier alpha value is -2.04. The van der Waals surface area contributed by atoms with E-state index in [1.807, 2.05) is 45.9 Å². The molecule has 0 spiro atoms. The van der Waals surface area contributed by atoms with Crippen LogP contribution in [0.25, 0.3) is 0 Å². The van der Waals surface area contributed by atoms with Gasteiger partial charge in [-0.3, -0.25) is 9.69 Å². The zero-order chi connectivity index (χ0) is 16.3. The number of benzene rings is 1. The van der Waals surface area contributed by atoms with Crippen LogP contribution in [0.5, 0.6) is 0 Å². The molecule has 22 heavy (non-hydrogen) atoms. The fourth-order valence-electron chi connectivity index (χ4n) is 2.43. The van der Waals surface area contributed by atoms with Crippen molar-refractivity contribution in [2.75, 3.05) is 16.8 Å². The number of carbonyl (C=O) groups excluding carboxylic acids is 2. The number of hydrogen-bond acceptors (Lipinski definition) is 3. The molecule has 0 unspecified atom stereocenters. The average Bonchev–Trinajstić information content (AvgIpc) is 2.44. The van der Waals surface area contributed by atoms with E-state index in [9.17, 15) is 9.59 Å². The molecule has 1 aliphatic heterocycles. The molecule has 0 bridgehead atoms. The molecule has 5 heteroatoms. The lowest BCUT2D eigenvalue weighted by Gasteiger charge is -2.32. The second kappa shape index (κ2) is 6.38. The Kier molecular flexibility index (Phi) is 4.74. The highest BCUT2D eigenvalue weighted by molar-refractivity contribution is 5.93. The minimum Gasteiger partial charge on any atom is -0.443 e. The molecule has 0 radical (unpaired) electrons. The summed E-state index contributed by atoms with van der Waals surface area (Å²) < 4.78 is 5.46. The van der Waals surface area contributed by atoms with Crippen LogP contribution < -0.4 is 10.2 Å². The molecule has 1 N–H and O–H groups in total. The number of nitrogens with zero attached hydrogens (tertiary/aromatic N) is 1. The summed E-state index contributed by atoms with van der Waals surface area (Å²) in [5, 5.41) is 2.85. The molecule has 0 atom stereocenters. The largest absolute Gasteiger partial charge is 0.443 e. The monoisotopic (exact) mass is 304 g/mol. The summed E-state index contributed by atoms with van der Waals surface area (Å²) >= 11 is 0. The molecule has 0 saturated heterocycles. The van der Waals surface area contributed by atoms with Crippen LogP contribution in [0.1, 0.15) is 46.1 Å². The van der Waals surface area contributed by atoms with Crippen molar-refractivity contribution in [2.45, 2.75) is 52.6 Å². The van der Waals surface area contributed by atoms with Crippen LogP contribution in [0.4, 0.5) is 16.2 Å². The molecule has 0 saturated carbocycles. The summed E-state index contributed by atoms with van der Waals surface area (Å²) in [7, 11) is 0. The van der Waals surface area contributed by atoms with Crippen molar-refractivity contribution in [3.63, 3.8) is 0 Å². The summed E-state index contributed by atoms with van der Waals surface area (Å²) in [5.74, 6) is -0.0141. The van der Waals surface area contributed by atoms with Crippen LogP contribution >= 0.6 is 0 Å². The number of ether oxygens (including phenoxy) is 1. The van der Waals surface area contributed by atoms with Gasteiger partial charge in [-0.2, -0.15) is 0 Å². The third-order valence-corrected chi connectivity index (χ3v) is 3.42. The lowest BCUT2D eigenvalue weighted by Crippen LogP contribution is -2.39. The van der Waals surface area contributed by atoms with E-state index in [4.69, 9.17) is 4.74 Å². The van der Waals surface area contributed by atoms with Crippen molar-refractivity contribution in [3.8, 4) is 0 Å². The quantitative estimate of drug-likeness (QED) is 0.906. The van der Waals surface area contributed by atoms with Crippen molar-refractivity contribution < 1.29 is 14.3 Å². The number of aryl methyl sites for hydroxylation is 1. The molecule has 0 aromatic heterocycles. The Bertz CT molecular complexity index is 576. The number of hydrogen-bond donors (Lipinski definition) is 1. The van der Waals surface area contributed by atoms with Crippen molar-refractivity contribution in [1.82, 2.24) is 0 Å². The lowest BCUT2D eigenvalue weighted by molar-refractivity contribution is -0.115. The highest BCUT2D eigenvalue weighted by Gasteiger charge is 2.27. The summed E-state index contributed by atoms with van der Waals surface area (Å²) in [4.78, 5) is 25.5. The Morgan fingerprint density at radius 1 is 1.32 bits per heavy atom. The van der Waals surface area contributed by atoms with Crippen LogP contribution in [0.3, 0.4) is 0 Å². The maximum atomic E-state index is 12.3. The van der Waals surface area contributed by atoms with Crippen molar-refractivity contribution in [1.29, 1.82) is 0 Å². The average molecular weight is 304 g/mol. The number of fused-ring (bicyclic) bond motifs is 1. The maximum Gasteiger partial charge on any atom is 0.414 e. The van der Waals surface area contributed by atoms with Gasteiger partial charge >= 0.3 is 6.09 Å². The Balaban J connectivity index is 2.20. The smallest absolute Gasteiger partial charge is 0.414 e. The summed E-state index contributed by atoms with van der Waals surface area (Å²) in [6.45, 7) is 8.05. The number of amides is 2. The van der Waals surface area contributed by atoms with E-state index < -0.39 is 5.60 Å². The van der Waals surface area contributed by atoms with Gasteiger partial charge in [0, 0.05) is 18.7 Å². The fraction of sp³-hybridized carbons (Fsp3) is 0.529. The van der Waals surface area contributed by atoms with Crippen LogP contribution in [-0.4, -0.2) is 24.1 Å². The number of nitrogens with one attached hydrogen (secondary N) is 1. The molecule has 0 aliphatic carbocycles. The molecular formula is C17H24N2O3. The first-order chi connectivity index (χ1) is 10.3. The lowest BCUT2D eigenvalue weighted by atomic mass is 10.0. The van der Waals surface area contributed by atoms with Gasteiger partial charge in [0.15, 0.2) is 0 Å². The van der Waals surface area contributed by atoms with Crippen molar-refractivity contribution in [2.24, 2.45) is 0 Å². The Morgan fingerprint density at radius 3 is 2.68 bits per heavy atom. The summed E-state index contributed by atoms with van der Waals surface area (Å²) in [6, 6.07) is 5.65. The maximum absolute atomic E-state index is 12.3. The number of anilines is 2. The molecule has 1 aromatic rings. The third-order valence-electron chi connectivity index (χ3n) is 3.42. The van der Waals surface area contributed by atoms with E-state index in [1.54, 1.807) is 4.90 Å². The second-order valence-electron chi connectivity index (χ2n) is 6.48. The molecule has 2 amide bonds. The minimum absolute atomic E-state index is 0.0141. The van der Waals surface area contributed by atoms with Gasteiger partial charge in [-0.1, -0.05) is 6.92 Å². The van der Waals surface area contributed by atoms with E-state index in [0.717, 1.165) is 29.8 Å². The molecule has 2 rings (SSSR count). The molecule has 1 heterocycles. The standard InChI is InChI=1S/C17H24N2O3/c1-5-15(20)18-13-8-9-14-12(11-13)7-6-10-19(14)16(21)22-17(2,3)4/h8-9,11H,5-7,10H2,1-4H3,(H,18,20). The number of carbonyl (C=O) groups is 2. The zero-order valence-electron chi connectivity index (χ0n) is 13.7. The molecular weight excluding hydrogens is 280 g/mol. The van der Waals surface area contributed by atoms with Gasteiger partial charge in [0.2, 0.25) is 5.91 Å². The van der Waals surface area contributed by atoms with E-state index >= 15 is 0 Å². The molecule has 0 fully saturated rings. The highest BCUT2D eigenvalue weighted by atomic mass is 16.6. The second-order valence-corrected chi connectivity index (χ2v) is 6.48. The van der Waals surface area contributed by atoms with Gasteiger partial charge in [-0.05, 0) is 57.4 Å². The predicted octanol–water partition coefficient (Wildman–Crippen LogP) is 3.72. The Labute approximate surface area is 131 Å². The molecule has 120 valence electrons. The number of rotatable bonds is 2. The van der Waals surface area contributed by atoms with E-state index in [0.29, 0.717) is 13.0 Å². The van der Waals surface area contributed by atoms with E-state index in [-0.39, 0.29) is 12.0 Å². The highest BCUT2D eigenvalue weighted by Crippen LogP contribution is 2.31. The topological polar surface area (TPSA) is 58.6 Å². The third kappa shape index (κ3) is 4.00. The van der Waals surface area contributed by atoms with Crippen LogP contribution in [0, 0.1) is 0 Å². The van der Waals surface area contributed by atoms with Crippen LogP contribution in [-0.2, 0) is 16.0 Å². The van der Waals surface area contributed by atoms with Gasteiger partial charge in [0.1, 0.15) is 5.60 Å². The van der Waals surface area contributed by atoms with Crippen molar-refractivity contribution in [3.05, 3.63) is 23.8 Å². The first-order valence-electron chi connectivity index (χ1n) is 7.73. The fourth-order valence-corrected chi connectivity index (χ4v) is 2.43. The van der Waals surface area contributed by atoms with Gasteiger partial charge in [-0.25, -0.2) is 4.79 Å². The van der Waals surface area contributed by atoms with Gasteiger partial charge in [0.05, 0.1) is 5.69 Å². The minimum atomic E-state index is -0.510. The first kappa shape index (κ1) is 16.3. The Morgan fingerprint density at radius 2 is 2.05 bits per heavy atom. The van der Waals surface area contributed by atoms with Crippen molar-refractivity contribution >= 4 is 23.4 Å². The van der Waals surface area contributed by atoms with E-state index in [1.165, 1.54) is 0 Å². The molecule has 5 nitrogen and oxygen atoms in total. The SMILES string of the molecule is CCC(=O)Nc1ccc2c(c1)CCCN2C(=O)OC(C)(C)C. The zero-order valence-corrected chi connectivity index (χ0v) is 13.7. The molecule has 1 aliphatic rings. The predicted molar refractivity (Wildman–Crippen MR) is 87.3 cm³/mol. The normalized spacial score (nSPS) is 14.3. The van der Waals surface area contributed by atoms with Gasteiger partial charge < -0.3 is 10.1 Å². The van der Waals surface area contributed by atoms with Crippen LogP contribution in [0.15, 0.2) is 18.2 Å². The first-order valence-corrected chi connectivity index (χ1v) is 7.73. The molecule has 1 aromatic carbocycles. The van der Waals surface area contributed by atoms with Crippen LogP contribution in [0.2, 0.25) is 0 Å². The van der Waals surface area contributed by atoms with Gasteiger partial charge in [0.25, 0.3) is 0 Å².